The van der Waals surface area contributed by atoms with Crippen molar-refractivity contribution in [3.8, 4) is 0 Å². The third kappa shape index (κ3) is 3.75. The second kappa shape index (κ2) is 5.42. The van der Waals surface area contributed by atoms with E-state index in [0.717, 1.165) is 12.8 Å². The number of carboxylic acids is 1. The summed E-state index contributed by atoms with van der Waals surface area (Å²) in [5.74, 6) is -1.01. The van der Waals surface area contributed by atoms with Gasteiger partial charge in [0.1, 0.15) is 6.04 Å². The summed E-state index contributed by atoms with van der Waals surface area (Å²) in [6, 6.07) is -0.979. The lowest BCUT2D eigenvalue weighted by atomic mass is 9.87. The zero-order valence-corrected chi connectivity index (χ0v) is 11.3. The van der Waals surface area contributed by atoms with Crippen LogP contribution in [0.2, 0.25) is 0 Å². The van der Waals surface area contributed by atoms with Gasteiger partial charge in [-0.1, -0.05) is 26.8 Å². The topological polar surface area (TPSA) is 69.6 Å². The van der Waals surface area contributed by atoms with Gasteiger partial charge in [0.2, 0.25) is 0 Å². The Kier molecular flexibility index (Phi) is 4.38. The van der Waals surface area contributed by atoms with Gasteiger partial charge in [-0.2, -0.15) is 0 Å². The van der Waals surface area contributed by atoms with Crippen molar-refractivity contribution in [1.29, 1.82) is 0 Å². The first-order valence-corrected chi connectivity index (χ1v) is 6.18. The first-order valence-electron chi connectivity index (χ1n) is 6.18. The van der Waals surface area contributed by atoms with Crippen LogP contribution in [0.3, 0.4) is 0 Å². The fourth-order valence-corrected chi connectivity index (χ4v) is 1.78. The number of hydrogen-bond donors (Lipinski definition) is 2. The molecule has 2 N–H and O–H groups in total. The van der Waals surface area contributed by atoms with Crippen molar-refractivity contribution in [2.24, 2.45) is 5.41 Å². The van der Waals surface area contributed by atoms with E-state index in [-0.39, 0.29) is 12.1 Å². The first kappa shape index (κ1) is 14.5. The van der Waals surface area contributed by atoms with E-state index in [9.17, 15) is 14.7 Å². The van der Waals surface area contributed by atoms with Gasteiger partial charge in [0.05, 0.1) is 0 Å². The number of carboxylic acid groups (broad SMARTS) is 1. The average Bonchev–Trinajstić information content (AvgIpc) is 3.03. The molecule has 0 aromatic heterocycles. The number of urea groups is 1. The molecule has 0 heterocycles. The quantitative estimate of drug-likeness (QED) is 0.735. The lowest BCUT2D eigenvalue weighted by molar-refractivity contribution is -0.142. The van der Waals surface area contributed by atoms with Crippen LogP contribution in [0.15, 0.2) is 12.7 Å². The highest BCUT2D eigenvalue weighted by Gasteiger charge is 2.37. The van der Waals surface area contributed by atoms with Crippen LogP contribution in [0.5, 0.6) is 0 Å². The summed E-state index contributed by atoms with van der Waals surface area (Å²) in [6.45, 7) is 9.45. The van der Waals surface area contributed by atoms with Gasteiger partial charge in [-0.25, -0.2) is 9.59 Å². The van der Waals surface area contributed by atoms with E-state index in [4.69, 9.17) is 0 Å². The highest BCUT2D eigenvalue weighted by atomic mass is 16.4. The van der Waals surface area contributed by atoms with Crippen LogP contribution in [0.4, 0.5) is 4.79 Å². The number of rotatable bonds is 5. The molecule has 18 heavy (non-hydrogen) atoms. The second-order valence-corrected chi connectivity index (χ2v) is 5.76. The second-order valence-electron chi connectivity index (χ2n) is 5.76. The molecule has 0 radical (unpaired) electrons. The maximum atomic E-state index is 12.1. The molecule has 1 atom stereocenters. The van der Waals surface area contributed by atoms with Crippen molar-refractivity contribution in [2.45, 2.75) is 45.7 Å². The molecule has 1 fully saturated rings. The number of nitrogens with one attached hydrogen (secondary N) is 1. The van der Waals surface area contributed by atoms with Gasteiger partial charge < -0.3 is 15.3 Å². The Bertz CT molecular complexity index is 343. The fraction of sp³-hybridized carbons (Fsp3) is 0.692. The Morgan fingerprint density at radius 2 is 2.06 bits per heavy atom. The van der Waals surface area contributed by atoms with Gasteiger partial charge in [0.25, 0.3) is 0 Å². The van der Waals surface area contributed by atoms with Gasteiger partial charge in [0.15, 0.2) is 0 Å². The minimum atomic E-state index is -1.01. The Morgan fingerprint density at radius 1 is 1.50 bits per heavy atom. The van der Waals surface area contributed by atoms with Crippen LogP contribution in [0.25, 0.3) is 0 Å². The molecule has 1 rings (SSSR count). The lowest BCUT2D eigenvalue weighted by Crippen LogP contribution is -2.53. The van der Waals surface area contributed by atoms with Gasteiger partial charge in [0, 0.05) is 12.6 Å². The van der Waals surface area contributed by atoms with Crippen LogP contribution in [-0.4, -0.2) is 40.6 Å². The molecule has 1 aliphatic rings. The standard InChI is InChI=1S/C13H22N2O3/c1-5-8-15(9-6-7-9)12(18)14-10(11(16)17)13(2,3)4/h5,9-10H,1,6-8H2,2-4H3,(H,14,18)(H,16,17). The van der Waals surface area contributed by atoms with Gasteiger partial charge in [-0.3, -0.25) is 0 Å². The number of aliphatic carboxylic acids is 1. The predicted molar refractivity (Wildman–Crippen MR) is 69.3 cm³/mol. The summed E-state index contributed by atoms with van der Waals surface area (Å²) in [6.07, 6.45) is 3.62. The van der Waals surface area contributed by atoms with E-state index >= 15 is 0 Å². The average molecular weight is 254 g/mol. The summed E-state index contributed by atoms with van der Waals surface area (Å²) >= 11 is 0. The number of carbonyl (C=O) groups is 2. The van der Waals surface area contributed by atoms with Crippen molar-refractivity contribution >= 4 is 12.0 Å². The summed E-state index contributed by atoms with van der Waals surface area (Å²) in [4.78, 5) is 24.9. The molecule has 2 amide bonds. The zero-order chi connectivity index (χ0) is 13.9. The van der Waals surface area contributed by atoms with E-state index in [0.29, 0.717) is 6.54 Å². The van der Waals surface area contributed by atoms with Crippen molar-refractivity contribution in [1.82, 2.24) is 10.2 Å². The van der Waals surface area contributed by atoms with Crippen LogP contribution >= 0.6 is 0 Å². The summed E-state index contributed by atoms with van der Waals surface area (Å²) in [7, 11) is 0. The normalized spacial score (nSPS) is 16.8. The smallest absolute Gasteiger partial charge is 0.326 e. The minimum absolute atomic E-state index is 0.234. The first-order chi connectivity index (χ1) is 8.27. The summed E-state index contributed by atoms with van der Waals surface area (Å²) in [5, 5.41) is 11.8. The number of nitrogens with zero attached hydrogens (tertiary/aromatic N) is 1. The van der Waals surface area contributed by atoms with Crippen molar-refractivity contribution in [3.05, 3.63) is 12.7 Å². The van der Waals surface area contributed by atoms with Crippen molar-refractivity contribution in [3.63, 3.8) is 0 Å². The minimum Gasteiger partial charge on any atom is -0.480 e. The van der Waals surface area contributed by atoms with E-state index in [1.54, 1.807) is 31.7 Å². The molecule has 5 nitrogen and oxygen atoms in total. The molecule has 5 heteroatoms. The van der Waals surface area contributed by atoms with Gasteiger partial charge in [-0.05, 0) is 18.3 Å². The number of carbonyl (C=O) groups excluding carboxylic acids is 1. The van der Waals surface area contributed by atoms with E-state index in [2.05, 4.69) is 11.9 Å². The van der Waals surface area contributed by atoms with Crippen molar-refractivity contribution in [2.75, 3.05) is 6.54 Å². The van der Waals surface area contributed by atoms with Crippen LogP contribution in [0, 0.1) is 5.41 Å². The van der Waals surface area contributed by atoms with Crippen LogP contribution < -0.4 is 5.32 Å². The Labute approximate surface area is 108 Å². The van der Waals surface area contributed by atoms with Gasteiger partial charge >= 0.3 is 12.0 Å². The van der Waals surface area contributed by atoms with Crippen molar-refractivity contribution < 1.29 is 14.7 Å². The molecule has 0 aromatic rings. The third-order valence-electron chi connectivity index (χ3n) is 2.96. The van der Waals surface area contributed by atoms with Gasteiger partial charge in [-0.15, -0.1) is 6.58 Å². The summed E-state index contributed by atoms with van der Waals surface area (Å²) in [5.41, 5.74) is -0.523. The Hall–Kier alpha value is -1.52. The third-order valence-corrected chi connectivity index (χ3v) is 2.96. The maximum Gasteiger partial charge on any atom is 0.326 e. The highest BCUT2D eigenvalue weighted by Crippen LogP contribution is 2.27. The highest BCUT2D eigenvalue weighted by molar-refractivity contribution is 5.83. The molecule has 0 aromatic carbocycles. The largest absolute Gasteiger partial charge is 0.480 e. The van der Waals surface area contributed by atoms with Crippen LogP contribution in [0.1, 0.15) is 33.6 Å². The molecule has 1 aliphatic carbocycles. The molecule has 102 valence electrons. The molecule has 0 bridgehead atoms. The Morgan fingerprint density at radius 3 is 2.39 bits per heavy atom. The molecular weight excluding hydrogens is 232 g/mol. The molecule has 0 aliphatic heterocycles. The molecule has 0 spiro atoms. The number of amides is 2. The molecular formula is C13H22N2O3. The molecule has 1 unspecified atom stereocenters. The molecule has 1 saturated carbocycles. The van der Waals surface area contributed by atoms with E-state index < -0.39 is 17.4 Å². The van der Waals surface area contributed by atoms with E-state index in [1.807, 2.05) is 0 Å². The Balaban J connectivity index is 2.70. The van der Waals surface area contributed by atoms with Crippen LogP contribution in [-0.2, 0) is 4.79 Å². The van der Waals surface area contributed by atoms with E-state index in [1.165, 1.54) is 0 Å². The maximum absolute atomic E-state index is 12.1. The monoisotopic (exact) mass is 254 g/mol. The molecule has 0 saturated heterocycles. The fourth-order valence-electron chi connectivity index (χ4n) is 1.78. The predicted octanol–water partition coefficient (Wildman–Crippen LogP) is 1.85. The zero-order valence-electron chi connectivity index (χ0n) is 11.3. The summed E-state index contributed by atoms with van der Waals surface area (Å²) < 4.78 is 0. The lowest BCUT2D eigenvalue weighted by Gasteiger charge is -2.30. The SMILES string of the molecule is C=CCN(C(=O)NC(C(=O)O)C(C)(C)C)C1CC1. The number of hydrogen-bond acceptors (Lipinski definition) is 2.